The Morgan fingerprint density at radius 1 is 1.19 bits per heavy atom. The third-order valence-corrected chi connectivity index (χ3v) is 4.44. The van der Waals surface area contributed by atoms with E-state index in [4.69, 9.17) is 9.47 Å². The summed E-state index contributed by atoms with van der Waals surface area (Å²) in [6, 6.07) is 7.08. The van der Waals surface area contributed by atoms with Gasteiger partial charge in [-0.2, -0.15) is 0 Å². The van der Waals surface area contributed by atoms with Crippen LogP contribution >= 0.6 is 0 Å². The molecule has 0 bridgehead atoms. The van der Waals surface area contributed by atoms with Crippen molar-refractivity contribution in [3.63, 3.8) is 0 Å². The third kappa shape index (κ3) is 5.73. The van der Waals surface area contributed by atoms with Crippen molar-refractivity contribution in [1.82, 2.24) is 4.90 Å². The quantitative estimate of drug-likeness (QED) is 0.829. The van der Waals surface area contributed by atoms with E-state index in [1.54, 1.807) is 23.1 Å². The lowest BCUT2D eigenvalue weighted by Gasteiger charge is -2.36. The highest BCUT2D eigenvalue weighted by Gasteiger charge is 2.31. The smallest absolute Gasteiger partial charge is 0.410 e. The Labute approximate surface area is 155 Å². The highest BCUT2D eigenvalue weighted by molar-refractivity contribution is 5.89. The van der Waals surface area contributed by atoms with Gasteiger partial charge < -0.3 is 19.5 Å². The number of aliphatic hydroxyl groups excluding tert-OH is 1. The van der Waals surface area contributed by atoms with Gasteiger partial charge in [0, 0.05) is 12.6 Å². The van der Waals surface area contributed by atoms with E-state index < -0.39 is 11.6 Å². The maximum atomic E-state index is 12.8. The van der Waals surface area contributed by atoms with Crippen molar-refractivity contribution >= 4 is 12.1 Å². The second kappa shape index (κ2) is 8.54. The number of rotatable bonds is 4. The van der Waals surface area contributed by atoms with Crippen LogP contribution in [0.5, 0.6) is 0 Å². The fraction of sp³-hybridized carbons (Fsp3) is 0.600. The number of hydrogen-bond donors (Lipinski definition) is 1. The van der Waals surface area contributed by atoms with Gasteiger partial charge in [0.1, 0.15) is 5.60 Å². The summed E-state index contributed by atoms with van der Waals surface area (Å²) < 4.78 is 10.3. The average molecular weight is 363 g/mol. The van der Waals surface area contributed by atoms with Crippen LogP contribution in [0.4, 0.5) is 4.79 Å². The Hall–Kier alpha value is -2.08. The maximum absolute atomic E-state index is 12.8. The highest BCUT2D eigenvalue weighted by atomic mass is 16.6. The fourth-order valence-corrected chi connectivity index (χ4v) is 3.14. The molecule has 1 N–H and O–H groups in total. The largest absolute Gasteiger partial charge is 0.465 e. The number of benzene rings is 1. The van der Waals surface area contributed by atoms with Gasteiger partial charge in [0.25, 0.3) is 0 Å². The maximum Gasteiger partial charge on any atom is 0.410 e. The third-order valence-electron chi connectivity index (χ3n) is 4.44. The van der Waals surface area contributed by atoms with Crippen LogP contribution in [0.3, 0.4) is 0 Å². The number of esters is 1. The van der Waals surface area contributed by atoms with Crippen LogP contribution in [-0.4, -0.2) is 46.9 Å². The van der Waals surface area contributed by atoms with E-state index in [2.05, 4.69) is 0 Å². The number of nitrogens with zero attached hydrogens (tertiary/aromatic N) is 1. The second-order valence-electron chi connectivity index (χ2n) is 7.76. The van der Waals surface area contributed by atoms with Gasteiger partial charge in [-0.3, -0.25) is 0 Å². The van der Waals surface area contributed by atoms with E-state index in [1.807, 2.05) is 26.8 Å². The first-order valence-electron chi connectivity index (χ1n) is 9.04. The zero-order valence-corrected chi connectivity index (χ0v) is 16.0. The normalized spacial score (nSPS) is 20.3. The van der Waals surface area contributed by atoms with Crippen molar-refractivity contribution in [2.24, 2.45) is 0 Å². The molecule has 1 aromatic carbocycles. The number of carbonyl (C=O) groups is 2. The monoisotopic (exact) mass is 363 g/mol. The highest BCUT2D eigenvalue weighted by Crippen LogP contribution is 2.26. The minimum atomic E-state index is -0.586. The van der Waals surface area contributed by atoms with Gasteiger partial charge in [-0.25, -0.2) is 9.59 Å². The first-order valence-corrected chi connectivity index (χ1v) is 9.04. The summed E-state index contributed by atoms with van der Waals surface area (Å²) in [7, 11) is 1.34. The number of hydrogen-bond acceptors (Lipinski definition) is 5. The van der Waals surface area contributed by atoms with E-state index in [0.29, 0.717) is 24.9 Å². The Morgan fingerprint density at radius 2 is 1.85 bits per heavy atom. The van der Waals surface area contributed by atoms with Crippen LogP contribution in [0, 0.1) is 0 Å². The van der Waals surface area contributed by atoms with Crippen molar-refractivity contribution < 1.29 is 24.2 Å². The first-order chi connectivity index (χ1) is 12.2. The Morgan fingerprint density at radius 3 is 2.42 bits per heavy atom. The van der Waals surface area contributed by atoms with E-state index in [1.165, 1.54) is 7.11 Å². The van der Waals surface area contributed by atoms with Gasteiger partial charge in [-0.05, 0) is 64.2 Å². The molecule has 26 heavy (non-hydrogen) atoms. The van der Waals surface area contributed by atoms with Crippen LogP contribution in [0.2, 0.25) is 0 Å². The molecule has 1 aromatic rings. The SMILES string of the molecule is COC(=O)c1cccc(CN(C(=O)OC(C)(C)C)C2CCC(O)CC2)c1. The summed E-state index contributed by atoms with van der Waals surface area (Å²) in [6.45, 7) is 5.86. The van der Waals surface area contributed by atoms with Gasteiger partial charge in [-0.1, -0.05) is 12.1 Å². The molecule has 0 radical (unpaired) electrons. The molecule has 144 valence electrons. The lowest BCUT2D eigenvalue weighted by atomic mass is 9.92. The molecule has 0 heterocycles. The van der Waals surface area contributed by atoms with E-state index in [9.17, 15) is 14.7 Å². The van der Waals surface area contributed by atoms with Crippen molar-refractivity contribution in [3.8, 4) is 0 Å². The van der Waals surface area contributed by atoms with Gasteiger partial charge in [0.15, 0.2) is 0 Å². The summed E-state index contributed by atoms with van der Waals surface area (Å²) in [5.41, 5.74) is 0.704. The van der Waals surface area contributed by atoms with Gasteiger partial charge >= 0.3 is 12.1 Å². The molecule has 6 nitrogen and oxygen atoms in total. The molecule has 0 aromatic heterocycles. The topological polar surface area (TPSA) is 76.1 Å². The van der Waals surface area contributed by atoms with Crippen molar-refractivity contribution in [1.29, 1.82) is 0 Å². The number of aliphatic hydroxyl groups is 1. The van der Waals surface area contributed by atoms with Crippen LogP contribution in [0.15, 0.2) is 24.3 Å². The molecule has 1 amide bonds. The van der Waals surface area contributed by atoms with E-state index in [-0.39, 0.29) is 18.2 Å². The zero-order valence-electron chi connectivity index (χ0n) is 16.0. The molecule has 0 atom stereocenters. The van der Waals surface area contributed by atoms with E-state index in [0.717, 1.165) is 18.4 Å². The molecule has 6 heteroatoms. The molecular formula is C20H29NO5. The standard InChI is InChI=1S/C20H29NO5/c1-20(2,3)26-19(24)21(16-8-10-17(22)11-9-16)13-14-6-5-7-15(12-14)18(23)25-4/h5-7,12,16-17,22H,8-11,13H2,1-4H3. The zero-order chi connectivity index (χ0) is 19.3. The average Bonchev–Trinajstić information content (AvgIpc) is 2.58. The van der Waals surface area contributed by atoms with E-state index >= 15 is 0 Å². The molecule has 0 spiro atoms. The molecule has 0 saturated heterocycles. The number of methoxy groups -OCH3 is 1. The number of amides is 1. The van der Waals surface area contributed by atoms with Crippen molar-refractivity contribution in [3.05, 3.63) is 35.4 Å². The summed E-state index contributed by atoms with van der Waals surface area (Å²) in [5.74, 6) is -0.406. The summed E-state index contributed by atoms with van der Waals surface area (Å²) >= 11 is 0. The molecule has 1 saturated carbocycles. The minimum absolute atomic E-state index is 0.00929. The number of ether oxygens (including phenoxy) is 2. The fourth-order valence-electron chi connectivity index (χ4n) is 3.14. The summed E-state index contributed by atoms with van der Waals surface area (Å²) in [6.07, 6.45) is 2.14. The number of carbonyl (C=O) groups excluding carboxylic acids is 2. The molecule has 1 aliphatic carbocycles. The Balaban J connectivity index is 2.20. The first kappa shape index (κ1) is 20.2. The van der Waals surface area contributed by atoms with Crippen LogP contribution < -0.4 is 0 Å². The van der Waals surface area contributed by atoms with Gasteiger partial charge in [-0.15, -0.1) is 0 Å². The molecule has 0 aliphatic heterocycles. The van der Waals surface area contributed by atoms with Crippen LogP contribution in [-0.2, 0) is 16.0 Å². The molecule has 2 rings (SSSR count). The molecule has 1 aliphatic rings. The van der Waals surface area contributed by atoms with Crippen molar-refractivity contribution in [2.75, 3.05) is 7.11 Å². The Kier molecular flexibility index (Phi) is 6.64. The predicted octanol–water partition coefficient (Wildman–Crippen LogP) is 3.51. The Bertz CT molecular complexity index is 629. The molecule has 0 unspecified atom stereocenters. The second-order valence-corrected chi connectivity index (χ2v) is 7.76. The van der Waals surface area contributed by atoms with Crippen LogP contribution in [0.25, 0.3) is 0 Å². The van der Waals surface area contributed by atoms with Crippen molar-refractivity contribution in [2.45, 2.75) is 70.7 Å². The van der Waals surface area contributed by atoms with Gasteiger partial charge in [0.2, 0.25) is 0 Å². The molecular weight excluding hydrogens is 334 g/mol. The van der Waals surface area contributed by atoms with Gasteiger partial charge in [0.05, 0.1) is 18.8 Å². The predicted molar refractivity (Wildman–Crippen MR) is 97.8 cm³/mol. The minimum Gasteiger partial charge on any atom is -0.465 e. The lowest BCUT2D eigenvalue weighted by molar-refractivity contribution is 0.00270. The van der Waals surface area contributed by atoms with Crippen LogP contribution in [0.1, 0.15) is 62.4 Å². The summed E-state index contributed by atoms with van der Waals surface area (Å²) in [5, 5.41) is 9.76. The molecule has 1 fully saturated rings. The lowest BCUT2D eigenvalue weighted by Crippen LogP contribution is -2.45. The summed E-state index contributed by atoms with van der Waals surface area (Å²) in [4.78, 5) is 26.2.